The summed E-state index contributed by atoms with van der Waals surface area (Å²) in [6, 6.07) is 2.12. The second-order valence-corrected chi connectivity index (χ2v) is 4.42. The third kappa shape index (κ3) is 4.24. The van der Waals surface area contributed by atoms with Gasteiger partial charge in [0.1, 0.15) is 0 Å². The molecule has 1 atom stereocenters. The number of carboxylic acids is 1. The van der Waals surface area contributed by atoms with E-state index in [0.717, 1.165) is 0 Å². The van der Waals surface area contributed by atoms with Gasteiger partial charge in [0.05, 0.1) is 17.4 Å². The van der Waals surface area contributed by atoms with Crippen molar-refractivity contribution in [2.24, 2.45) is 11.3 Å². The summed E-state index contributed by atoms with van der Waals surface area (Å²) < 4.78 is 0. The van der Waals surface area contributed by atoms with Crippen LogP contribution in [0.3, 0.4) is 0 Å². The van der Waals surface area contributed by atoms with Gasteiger partial charge in [0, 0.05) is 13.1 Å². The Hall–Kier alpha value is -1.08. The van der Waals surface area contributed by atoms with Crippen LogP contribution in [0.5, 0.6) is 0 Å². The molecule has 0 aromatic heterocycles. The molecule has 1 N–H and O–H groups in total. The van der Waals surface area contributed by atoms with Crippen molar-refractivity contribution in [3.63, 3.8) is 0 Å². The lowest BCUT2D eigenvalue weighted by Gasteiger charge is -2.26. The molecule has 0 rings (SSSR count). The molecule has 0 bridgehead atoms. The number of hydrogen-bond acceptors (Lipinski definition) is 3. The minimum atomic E-state index is -0.811. The summed E-state index contributed by atoms with van der Waals surface area (Å²) >= 11 is 0. The topological polar surface area (TPSA) is 64.3 Å². The highest BCUT2D eigenvalue weighted by molar-refractivity contribution is 5.73. The van der Waals surface area contributed by atoms with Crippen LogP contribution in [-0.4, -0.2) is 36.1 Å². The van der Waals surface area contributed by atoms with Crippen molar-refractivity contribution in [2.45, 2.75) is 20.8 Å². The van der Waals surface area contributed by atoms with Crippen molar-refractivity contribution in [3.8, 4) is 6.07 Å². The van der Waals surface area contributed by atoms with Crippen molar-refractivity contribution in [1.82, 2.24) is 4.90 Å². The van der Waals surface area contributed by atoms with Gasteiger partial charge >= 0.3 is 5.97 Å². The summed E-state index contributed by atoms with van der Waals surface area (Å²) in [6.07, 6.45) is 0. The van der Waals surface area contributed by atoms with Crippen LogP contribution in [0.4, 0.5) is 0 Å². The van der Waals surface area contributed by atoms with Gasteiger partial charge in [-0.1, -0.05) is 0 Å². The summed E-state index contributed by atoms with van der Waals surface area (Å²) in [6.45, 7) is 6.25. The second-order valence-electron chi connectivity index (χ2n) is 4.42. The van der Waals surface area contributed by atoms with E-state index >= 15 is 0 Å². The average molecular weight is 198 g/mol. The Balaban J connectivity index is 4.13. The van der Waals surface area contributed by atoms with Crippen LogP contribution in [0.15, 0.2) is 0 Å². The molecule has 0 aromatic carbocycles. The molecule has 0 saturated heterocycles. The number of carboxylic acid groups (broad SMARTS) is 1. The lowest BCUT2D eigenvalue weighted by Crippen LogP contribution is -2.38. The van der Waals surface area contributed by atoms with Crippen molar-refractivity contribution in [3.05, 3.63) is 0 Å². The van der Waals surface area contributed by atoms with Gasteiger partial charge < -0.3 is 10.0 Å². The normalized spacial score (nSPS) is 13.7. The average Bonchev–Trinajstić information content (AvgIpc) is 2.02. The standard InChI is InChI=1S/C10H18N2O2/c1-8(5-11)6-12(4)7-10(2,3)9(13)14/h8H,6-7H2,1-4H3,(H,13,14). The molecule has 0 heterocycles. The molecule has 0 aliphatic carbocycles. The van der Waals surface area contributed by atoms with Gasteiger partial charge in [-0.05, 0) is 27.8 Å². The number of carbonyl (C=O) groups is 1. The first-order valence-electron chi connectivity index (χ1n) is 4.61. The highest BCUT2D eigenvalue weighted by Crippen LogP contribution is 2.16. The van der Waals surface area contributed by atoms with Gasteiger partial charge in [0.15, 0.2) is 0 Å². The molecule has 0 radical (unpaired) electrons. The summed E-state index contributed by atoms with van der Waals surface area (Å²) in [5.74, 6) is -0.876. The first kappa shape index (κ1) is 12.9. The van der Waals surface area contributed by atoms with Gasteiger partial charge in [0.25, 0.3) is 0 Å². The van der Waals surface area contributed by atoms with E-state index < -0.39 is 11.4 Å². The number of rotatable bonds is 5. The molecule has 14 heavy (non-hydrogen) atoms. The summed E-state index contributed by atoms with van der Waals surface area (Å²) in [7, 11) is 1.83. The van der Waals surface area contributed by atoms with E-state index in [1.807, 2.05) is 18.9 Å². The van der Waals surface area contributed by atoms with Crippen LogP contribution in [0, 0.1) is 22.7 Å². The summed E-state index contributed by atoms with van der Waals surface area (Å²) in [4.78, 5) is 12.7. The predicted molar refractivity (Wildman–Crippen MR) is 53.7 cm³/mol. The fraction of sp³-hybridized carbons (Fsp3) is 0.800. The molecule has 0 aromatic rings. The molecule has 0 saturated carbocycles. The molecule has 0 aliphatic heterocycles. The van der Waals surface area contributed by atoms with Crippen LogP contribution >= 0.6 is 0 Å². The minimum absolute atomic E-state index is 0.0652. The molecule has 0 fully saturated rings. The van der Waals surface area contributed by atoms with Crippen molar-refractivity contribution in [1.29, 1.82) is 5.26 Å². The van der Waals surface area contributed by atoms with E-state index in [0.29, 0.717) is 13.1 Å². The first-order valence-corrected chi connectivity index (χ1v) is 4.61. The Kier molecular flexibility index (Phi) is 4.58. The van der Waals surface area contributed by atoms with Crippen LogP contribution < -0.4 is 0 Å². The zero-order valence-corrected chi connectivity index (χ0v) is 9.24. The fourth-order valence-corrected chi connectivity index (χ4v) is 1.32. The van der Waals surface area contributed by atoms with Gasteiger partial charge in [-0.25, -0.2) is 0 Å². The monoisotopic (exact) mass is 198 g/mol. The van der Waals surface area contributed by atoms with E-state index in [-0.39, 0.29) is 5.92 Å². The SMILES string of the molecule is CC(C#N)CN(C)CC(C)(C)C(=O)O. The van der Waals surface area contributed by atoms with Crippen molar-refractivity contribution >= 4 is 5.97 Å². The largest absolute Gasteiger partial charge is 0.481 e. The molecule has 0 amide bonds. The van der Waals surface area contributed by atoms with E-state index in [9.17, 15) is 4.79 Å². The molecule has 4 nitrogen and oxygen atoms in total. The van der Waals surface area contributed by atoms with Gasteiger partial charge in [-0.2, -0.15) is 5.26 Å². The Bertz CT molecular complexity index is 243. The third-order valence-electron chi connectivity index (χ3n) is 2.05. The molecular weight excluding hydrogens is 180 g/mol. The zero-order valence-electron chi connectivity index (χ0n) is 9.24. The van der Waals surface area contributed by atoms with E-state index in [1.165, 1.54) is 0 Å². The maximum Gasteiger partial charge on any atom is 0.310 e. The van der Waals surface area contributed by atoms with Crippen molar-refractivity contribution in [2.75, 3.05) is 20.1 Å². The smallest absolute Gasteiger partial charge is 0.310 e. The fourth-order valence-electron chi connectivity index (χ4n) is 1.32. The zero-order chi connectivity index (χ0) is 11.4. The molecule has 80 valence electrons. The van der Waals surface area contributed by atoms with Gasteiger partial charge in [-0.3, -0.25) is 4.79 Å². The third-order valence-corrected chi connectivity index (χ3v) is 2.05. The molecular formula is C10H18N2O2. The molecule has 0 spiro atoms. The minimum Gasteiger partial charge on any atom is -0.481 e. The van der Waals surface area contributed by atoms with Gasteiger partial charge in [0.2, 0.25) is 0 Å². The molecule has 1 unspecified atom stereocenters. The number of nitriles is 1. The van der Waals surface area contributed by atoms with E-state index in [2.05, 4.69) is 6.07 Å². The highest BCUT2D eigenvalue weighted by atomic mass is 16.4. The predicted octanol–water partition coefficient (Wildman–Crippen LogP) is 1.19. The number of nitrogens with zero attached hydrogens (tertiary/aromatic N) is 2. The van der Waals surface area contributed by atoms with Gasteiger partial charge in [-0.15, -0.1) is 0 Å². The second kappa shape index (κ2) is 4.97. The quantitative estimate of drug-likeness (QED) is 0.720. The van der Waals surface area contributed by atoms with Crippen LogP contribution in [0.25, 0.3) is 0 Å². The lowest BCUT2D eigenvalue weighted by atomic mass is 9.93. The lowest BCUT2D eigenvalue weighted by molar-refractivity contribution is -0.147. The summed E-state index contributed by atoms with van der Waals surface area (Å²) in [5, 5.41) is 17.5. The highest BCUT2D eigenvalue weighted by Gasteiger charge is 2.28. The Morgan fingerprint density at radius 2 is 2.14 bits per heavy atom. The van der Waals surface area contributed by atoms with E-state index in [1.54, 1.807) is 13.8 Å². The Labute approximate surface area is 85.1 Å². The molecule has 0 aliphatic rings. The molecule has 4 heteroatoms. The number of aliphatic carboxylic acids is 1. The maximum absolute atomic E-state index is 10.8. The number of hydrogen-bond donors (Lipinski definition) is 1. The maximum atomic E-state index is 10.8. The van der Waals surface area contributed by atoms with Crippen LogP contribution in [-0.2, 0) is 4.79 Å². The Morgan fingerprint density at radius 3 is 2.50 bits per heavy atom. The Morgan fingerprint density at radius 1 is 1.64 bits per heavy atom. The van der Waals surface area contributed by atoms with E-state index in [4.69, 9.17) is 10.4 Å². The van der Waals surface area contributed by atoms with Crippen LogP contribution in [0.2, 0.25) is 0 Å². The van der Waals surface area contributed by atoms with Crippen LogP contribution in [0.1, 0.15) is 20.8 Å². The first-order chi connectivity index (χ1) is 6.29. The summed E-state index contributed by atoms with van der Waals surface area (Å²) in [5.41, 5.74) is -0.760. The van der Waals surface area contributed by atoms with Crippen molar-refractivity contribution < 1.29 is 9.90 Å².